The Balaban J connectivity index is 1.80. The molecule has 2 aliphatic rings. The number of carboxylic acid groups (broad SMARTS) is 1. The van der Waals surface area contributed by atoms with Crippen LogP contribution in [0.2, 0.25) is 0 Å². The predicted molar refractivity (Wildman–Crippen MR) is 94.2 cm³/mol. The normalized spacial score (nSPS) is 26.7. The van der Waals surface area contributed by atoms with Gasteiger partial charge in [0.25, 0.3) is 0 Å². The molecule has 0 radical (unpaired) electrons. The third-order valence-electron chi connectivity index (χ3n) is 5.49. The van der Waals surface area contributed by atoms with E-state index in [9.17, 15) is 18.3 Å². The molecule has 1 aromatic carbocycles. The molecule has 3 heterocycles. The number of hydrogen-bond acceptors (Lipinski definition) is 5. The van der Waals surface area contributed by atoms with Crippen molar-refractivity contribution in [3.8, 4) is 0 Å². The van der Waals surface area contributed by atoms with Crippen LogP contribution in [0.15, 0.2) is 35.4 Å². The molecule has 26 heavy (non-hydrogen) atoms. The van der Waals surface area contributed by atoms with Crippen molar-refractivity contribution in [1.82, 2.24) is 9.29 Å². The molecule has 2 aliphatic heterocycles. The molecule has 0 saturated carbocycles. The Labute approximate surface area is 151 Å². The first-order chi connectivity index (χ1) is 12.3. The fourth-order valence-electron chi connectivity index (χ4n) is 4.06. The molecule has 2 atom stereocenters. The Hall–Kier alpha value is -2.03. The SMILES string of the molecule is Cc1cc(S(=O)(=O)N2C[C@@H]3CCOC[C@]3(C(=O)O)C2)c2ncccc2c1. The largest absolute Gasteiger partial charge is 0.481 e. The van der Waals surface area contributed by atoms with E-state index in [1.165, 1.54) is 4.31 Å². The summed E-state index contributed by atoms with van der Waals surface area (Å²) in [5.41, 5.74) is 0.0591. The molecule has 2 fully saturated rings. The van der Waals surface area contributed by atoms with Crippen LogP contribution in [0.1, 0.15) is 12.0 Å². The van der Waals surface area contributed by atoms with E-state index in [0.29, 0.717) is 18.5 Å². The van der Waals surface area contributed by atoms with Crippen molar-refractivity contribution >= 4 is 26.9 Å². The van der Waals surface area contributed by atoms with E-state index in [0.717, 1.165) is 10.9 Å². The van der Waals surface area contributed by atoms with Crippen molar-refractivity contribution in [2.75, 3.05) is 26.3 Å². The lowest BCUT2D eigenvalue weighted by Gasteiger charge is -2.34. The van der Waals surface area contributed by atoms with Gasteiger partial charge in [-0.2, -0.15) is 4.31 Å². The van der Waals surface area contributed by atoms with Gasteiger partial charge in [-0.1, -0.05) is 6.07 Å². The summed E-state index contributed by atoms with van der Waals surface area (Å²) in [4.78, 5) is 16.3. The van der Waals surface area contributed by atoms with Gasteiger partial charge >= 0.3 is 5.97 Å². The van der Waals surface area contributed by atoms with Crippen molar-refractivity contribution < 1.29 is 23.1 Å². The molecule has 0 bridgehead atoms. The zero-order valence-electron chi connectivity index (χ0n) is 14.4. The van der Waals surface area contributed by atoms with Crippen LogP contribution < -0.4 is 0 Å². The quantitative estimate of drug-likeness (QED) is 0.875. The van der Waals surface area contributed by atoms with Crippen LogP contribution >= 0.6 is 0 Å². The highest BCUT2D eigenvalue weighted by Gasteiger charge is 2.56. The van der Waals surface area contributed by atoms with Crippen molar-refractivity contribution in [2.45, 2.75) is 18.2 Å². The van der Waals surface area contributed by atoms with Gasteiger partial charge in [0.2, 0.25) is 10.0 Å². The number of aromatic nitrogens is 1. The van der Waals surface area contributed by atoms with Crippen LogP contribution in [0, 0.1) is 18.3 Å². The number of ether oxygens (including phenoxy) is 1. The highest BCUT2D eigenvalue weighted by Crippen LogP contribution is 2.44. The molecule has 1 aromatic heterocycles. The number of carboxylic acids is 1. The van der Waals surface area contributed by atoms with Gasteiger partial charge in [-0.25, -0.2) is 8.42 Å². The average Bonchev–Trinajstić information content (AvgIpc) is 3.03. The molecule has 2 saturated heterocycles. The van der Waals surface area contributed by atoms with Crippen molar-refractivity contribution in [1.29, 1.82) is 0 Å². The zero-order valence-corrected chi connectivity index (χ0v) is 15.2. The summed E-state index contributed by atoms with van der Waals surface area (Å²) >= 11 is 0. The van der Waals surface area contributed by atoms with Crippen molar-refractivity contribution in [3.63, 3.8) is 0 Å². The lowest BCUT2D eigenvalue weighted by molar-refractivity contribution is -0.159. The molecule has 7 nitrogen and oxygen atoms in total. The second-order valence-electron chi connectivity index (χ2n) is 7.14. The van der Waals surface area contributed by atoms with E-state index < -0.39 is 21.4 Å². The minimum atomic E-state index is -3.87. The summed E-state index contributed by atoms with van der Waals surface area (Å²) in [6.07, 6.45) is 2.11. The Morgan fingerprint density at radius 2 is 2.23 bits per heavy atom. The van der Waals surface area contributed by atoms with E-state index in [2.05, 4.69) is 4.98 Å². The third-order valence-corrected chi connectivity index (χ3v) is 7.32. The lowest BCUT2D eigenvalue weighted by atomic mass is 9.76. The first-order valence-electron chi connectivity index (χ1n) is 8.51. The number of nitrogens with zero attached hydrogens (tertiary/aromatic N) is 2. The maximum absolute atomic E-state index is 13.4. The van der Waals surface area contributed by atoms with Gasteiger partial charge in [0, 0.05) is 31.3 Å². The Morgan fingerprint density at radius 1 is 1.42 bits per heavy atom. The van der Waals surface area contributed by atoms with Crippen LogP contribution in [0.3, 0.4) is 0 Å². The topological polar surface area (TPSA) is 96.8 Å². The van der Waals surface area contributed by atoms with Crippen molar-refractivity contribution in [2.24, 2.45) is 11.3 Å². The molecule has 138 valence electrons. The number of hydrogen-bond donors (Lipinski definition) is 1. The van der Waals surface area contributed by atoms with E-state index >= 15 is 0 Å². The highest BCUT2D eigenvalue weighted by molar-refractivity contribution is 7.89. The highest BCUT2D eigenvalue weighted by atomic mass is 32.2. The summed E-state index contributed by atoms with van der Waals surface area (Å²) in [5.74, 6) is -1.24. The predicted octanol–water partition coefficient (Wildman–Crippen LogP) is 1.66. The summed E-state index contributed by atoms with van der Waals surface area (Å²) < 4.78 is 33.4. The Bertz CT molecular complexity index is 990. The van der Waals surface area contributed by atoms with E-state index in [-0.39, 0.29) is 30.5 Å². The van der Waals surface area contributed by atoms with Crippen LogP contribution in [-0.4, -0.2) is 55.1 Å². The number of rotatable bonds is 3. The summed E-state index contributed by atoms with van der Waals surface area (Å²) in [6.45, 7) is 2.47. The fourth-order valence-corrected chi connectivity index (χ4v) is 5.87. The van der Waals surface area contributed by atoms with Crippen LogP contribution in [0.4, 0.5) is 0 Å². The number of aliphatic carboxylic acids is 1. The van der Waals surface area contributed by atoms with Gasteiger partial charge in [-0.05, 0) is 43.0 Å². The smallest absolute Gasteiger partial charge is 0.313 e. The minimum Gasteiger partial charge on any atom is -0.481 e. The van der Waals surface area contributed by atoms with Gasteiger partial charge in [-0.15, -0.1) is 0 Å². The third kappa shape index (κ3) is 2.52. The van der Waals surface area contributed by atoms with Gasteiger partial charge in [-0.3, -0.25) is 9.78 Å². The summed E-state index contributed by atoms with van der Waals surface area (Å²) in [7, 11) is -3.87. The average molecular weight is 376 g/mol. The standard InChI is InChI=1S/C18H20N2O5S/c1-12-7-13-3-2-5-19-16(13)15(8-12)26(23,24)20-9-14-4-6-25-11-18(14,10-20)17(21)22/h2-3,5,7-8,14H,4,6,9-11H2,1H3,(H,21,22)/t14-,18+/m0/s1. The number of benzene rings is 1. The maximum Gasteiger partial charge on any atom is 0.313 e. The van der Waals surface area contributed by atoms with Gasteiger partial charge < -0.3 is 9.84 Å². The molecule has 1 N–H and O–H groups in total. The van der Waals surface area contributed by atoms with Crippen LogP contribution in [0.5, 0.6) is 0 Å². The Morgan fingerprint density at radius 3 is 2.96 bits per heavy atom. The number of sulfonamides is 1. The molecular formula is C18H20N2O5S. The monoisotopic (exact) mass is 376 g/mol. The van der Waals surface area contributed by atoms with Crippen LogP contribution in [0.25, 0.3) is 10.9 Å². The van der Waals surface area contributed by atoms with Gasteiger partial charge in [0.1, 0.15) is 10.3 Å². The molecule has 0 aliphatic carbocycles. The number of fused-ring (bicyclic) bond motifs is 2. The molecule has 4 rings (SSSR count). The van der Waals surface area contributed by atoms with E-state index in [1.807, 2.05) is 19.1 Å². The van der Waals surface area contributed by atoms with Crippen molar-refractivity contribution in [3.05, 3.63) is 36.0 Å². The first-order valence-corrected chi connectivity index (χ1v) is 9.95. The molecule has 0 amide bonds. The Kier molecular flexibility index (Phi) is 4.02. The molecule has 2 aromatic rings. The molecular weight excluding hydrogens is 356 g/mol. The van der Waals surface area contributed by atoms with E-state index in [4.69, 9.17) is 4.74 Å². The van der Waals surface area contributed by atoms with Crippen LogP contribution in [-0.2, 0) is 19.6 Å². The summed E-state index contributed by atoms with van der Waals surface area (Å²) in [5, 5.41) is 10.5. The zero-order chi connectivity index (χ0) is 18.5. The maximum atomic E-state index is 13.4. The second-order valence-corrected chi connectivity index (χ2v) is 9.04. The lowest BCUT2D eigenvalue weighted by Crippen LogP contribution is -2.46. The molecule has 0 spiro atoms. The minimum absolute atomic E-state index is 0.0475. The number of pyridine rings is 1. The second kappa shape index (κ2) is 6.00. The number of carbonyl (C=O) groups is 1. The first kappa shape index (κ1) is 17.4. The van der Waals surface area contributed by atoms with Gasteiger partial charge in [0.15, 0.2) is 0 Å². The molecule has 8 heteroatoms. The summed E-state index contributed by atoms with van der Waals surface area (Å²) in [6, 6.07) is 7.08. The van der Waals surface area contributed by atoms with E-state index in [1.54, 1.807) is 18.3 Å². The van der Waals surface area contributed by atoms with Gasteiger partial charge in [0.05, 0.1) is 12.1 Å². The number of aryl methyl sites for hydroxylation is 1. The fraction of sp³-hybridized carbons (Fsp3) is 0.444. The molecule has 0 unspecified atom stereocenters.